The Labute approximate surface area is 134 Å². The molecule has 2 fully saturated rings. The quantitative estimate of drug-likeness (QED) is 0.880. The molecule has 22 heavy (non-hydrogen) atoms. The smallest absolute Gasteiger partial charge is 0.169 e. The van der Waals surface area contributed by atoms with E-state index in [0.29, 0.717) is 6.04 Å². The first-order valence-corrected chi connectivity index (χ1v) is 8.93. The Kier molecular flexibility index (Phi) is 3.62. The molecule has 2 aliphatic heterocycles. The minimum absolute atomic E-state index is 0.117. The summed E-state index contributed by atoms with van der Waals surface area (Å²) in [6.07, 6.45) is 5.12. The number of carbonyl (C=O) groups is 1. The van der Waals surface area contributed by atoms with Crippen LogP contribution in [0.3, 0.4) is 0 Å². The second kappa shape index (κ2) is 5.63. The van der Waals surface area contributed by atoms with Crippen molar-refractivity contribution in [2.24, 2.45) is 0 Å². The second-order valence-electron chi connectivity index (χ2n) is 6.46. The van der Waals surface area contributed by atoms with E-state index in [9.17, 15) is 4.79 Å². The molecule has 4 heterocycles. The van der Waals surface area contributed by atoms with E-state index >= 15 is 0 Å². The number of Topliss-reactive ketones (excluding diaryl/α,β-unsaturated/α-hetero) is 1. The molecule has 2 saturated heterocycles. The Morgan fingerprint density at radius 3 is 3.14 bits per heavy atom. The molecular formula is C17H21N3OS. The summed E-state index contributed by atoms with van der Waals surface area (Å²) >= 11 is 1.49. The summed E-state index contributed by atoms with van der Waals surface area (Å²) in [6.45, 7) is 4.10. The van der Waals surface area contributed by atoms with Gasteiger partial charge in [0.2, 0.25) is 0 Å². The second-order valence-corrected chi connectivity index (χ2v) is 7.49. The van der Waals surface area contributed by atoms with E-state index < -0.39 is 0 Å². The summed E-state index contributed by atoms with van der Waals surface area (Å²) in [5, 5.41) is 4.67. The third-order valence-corrected chi connectivity index (χ3v) is 6.05. The Balaban J connectivity index is 1.50. The average molecular weight is 315 g/mol. The van der Waals surface area contributed by atoms with E-state index in [4.69, 9.17) is 4.98 Å². The molecule has 4 rings (SSSR count). The van der Waals surface area contributed by atoms with Crippen molar-refractivity contribution in [3.63, 3.8) is 0 Å². The number of piperidine rings is 1. The largest absolute Gasteiger partial charge is 0.367 e. The molecule has 2 aliphatic rings. The number of thiophene rings is 1. The Morgan fingerprint density at radius 1 is 1.36 bits per heavy atom. The highest BCUT2D eigenvalue weighted by Crippen LogP contribution is 2.30. The maximum atomic E-state index is 11.5. The molecule has 0 bridgehead atoms. The van der Waals surface area contributed by atoms with Crippen molar-refractivity contribution in [2.75, 3.05) is 18.4 Å². The van der Waals surface area contributed by atoms with Crippen LogP contribution >= 0.6 is 11.3 Å². The van der Waals surface area contributed by atoms with E-state index in [1.807, 2.05) is 12.1 Å². The van der Waals surface area contributed by atoms with Gasteiger partial charge in [-0.2, -0.15) is 0 Å². The Hall–Kier alpha value is -1.46. The SMILES string of the molecule is CC(=O)c1cc2ccc(NC3CCN4CCCC4C3)nc2s1. The van der Waals surface area contributed by atoms with Crippen molar-refractivity contribution in [1.29, 1.82) is 0 Å². The number of aromatic nitrogens is 1. The van der Waals surface area contributed by atoms with Crippen LogP contribution in [0.25, 0.3) is 10.2 Å². The molecule has 2 atom stereocenters. The molecule has 2 aromatic heterocycles. The van der Waals surface area contributed by atoms with Gasteiger partial charge in [-0.15, -0.1) is 11.3 Å². The van der Waals surface area contributed by atoms with Gasteiger partial charge in [0.1, 0.15) is 10.6 Å². The predicted octanol–water partition coefficient (Wildman–Crippen LogP) is 3.54. The minimum Gasteiger partial charge on any atom is -0.367 e. The number of nitrogens with one attached hydrogen (secondary N) is 1. The van der Waals surface area contributed by atoms with Crippen LogP contribution in [0, 0.1) is 0 Å². The monoisotopic (exact) mass is 315 g/mol. The zero-order chi connectivity index (χ0) is 15.1. The third-order valence-electron chi connectivity index (χ3n) is 4.90. The van der Waals surface area contributed by atoms with Crippen molar-refractivity contribution >= 4 is 33.2 Å². The molecule has 0 spiro atoms. The van der Waals surface area contributed by atoms with Gasteiger partial charge in [-0.05, 0) is 57.4 Å². The number of ketones is 1. The molecular weight excluding hydrogens is 294 g/mol. The van der Waals surface area contributed by atoms with E-state index in [0.717, 1.165) is 27.0 Å². The topological polar surface area (TPSA) is 45.2 Å². The first-order valence-electron chi connectivity index (χ1n) is 8.11. The van der Waals surface area contributed by atoms with Crippen LogP contribution in [0.1, 0.15) is 42.3 Å². The van der Waals surface area contributed by atoms with E-state index in [-0.39, 0.29) is 5.78 Å². The van der Waals surface area contributed by atoms with Crippen LogP contribution in [0.5, 0.6) is 0 Å². The van der Waals surface area contributed by atoms with Crippen LogP contribution in [-0.4, -0.2) is 40.8 Å². The molecule has 116 valence electrons. The standard InChI is InChI=1S/C17H21N3OS/c1-11(21)15-9-12-4-5-16(19-17(12)22-15)18-13-6-8-20-7-2-3-14(20)10-13/h4-5,9,13-14H,2-3,6-8,10H2,1H3,(H,18,19). The predicted molar refractivity (Wildman–Crippen MR) is 90.9 cm³/mol. The van der Waals surface area contributed by atoms with Crippen LogP contribution in [0.2, 0.25) is 0 Å². The molecule has 0 radical (unpaired) electrons. The Morgan fingerprint density at radius 2 is 2.27 bits per heavy atom. The van der Waals surface area contributed by atoms with Crippen LogP contribution in [0.4, 0.5) is 5.82 Å². The highest BCUT2D eigenvalue weighted by molar-refractivity contribution is 7.20. The number of anilines is 1. The van der Waals surface area contributed by atoms with Crippen molar-refractivity contribution in [2.45, 2.75) is 44.7 Å². The number of hydrogen-bond donors (Lipinski definition) is 1. The molecule has 0 amide bonds. The fraction of sp³-hybridized carbons (Fsp3) is 0.529. The summed E-state index contributed by atoms with van der Waals surface area (Å²) in [5.41, 5.74) is 0. The fourth-order valence-electron chi connectivity index (χ4n) is 3.74. The lowest BCUT2D eigenvalue weighted by Crippen LogP contribution is -2.42. The summed E-state index contributed by atoms with van der Waals surface area (Å²) in [6, 6.07) is 7.34. The van der Waals surface area contributed by atoms with Gasteiger partial charge < -0.3 is 10.2 Å². The van der Waals surface area contributed by atoms with E-state index in [1.165, 1.54) is 50.1 Å². The lowest BCUT2D eigenvalue weighted by Gasteiger charge is -2.35. The summed E-state index contributed by atoms with van der Waals surface area (Å²) in [5.74, 6) is 1.06. The summed E-state index contributed by atoms with van der Waals surface area (Å²) in [7, 11) is 0. The number of carbonyl (C=O) groups excluding carboxylic acids is 1. The number of pyridine rings is 1. The molecule has 4 nitrogen and oxygen atoms in total. The van der Waals surface area contributed by atoms with Gasteiger partial charge in [0.25, 0.3) is 0 Å². The van der Waals surface area contributed by atoms with Gasteiger partial charge in [0.05, 0.1) is 4.88 Å². The first-order chi connectivity index (χ1) is 10.7. The molecule has 0 saturated carbocycles. The molecule has 5 heteroatoms. The number of hydrogen-bond acceptors (Lipinski definition) is 5. The van der Waals surface area contributed by atoms with Gasteiger partial charge in [-0.1, -0.05) is 0 Å². The van der Waals surface area contributed by atoms with Crippen molar-refractivity contribution in [3.8, 4) is 0 Å². The molecule has 2 unspecified atom stereocenters. The van der Waals surface area contributed by atoms with Gasteiger partial charge in [-0.3, -0.25) is 4.79 Å². The molecule has 1 N–H and O–H groups in total. The maximum Gasteiger partial charge on any atom is 0.169 e. The highest BCUT2D eigenvalue weighted by Gasteiger charge is 2.31. The highest BCUT2D eigenvalue weighted by atomic mass is 32.1. The first kappa shape index (κ1) is 14.2. The average Bonchev–Trinajstić information content (AvgIpc) is 3.12. The van der Waals surface area contributed by atoms with Crippen LogP contribution < -0.4 is 5.32 Å². The lowest BCUT2D eigenvalue weighted by molar-refractivity contribution is 0.102. The van der Waals surface area contributed by atoms with E-state index in [2.05, 4.69) is 16.3 Å². The number of rotatable bonds is 3. The van der Waals surface area contributed by atoms with Crippen molar-refractivity contribution < 1.29 is 4.79 Å². The third kappa shape index (κ3) is 2.63. The van der Waals surface area contributed by atoms with Gasteiger partial charge in [0, 0.05) is 24.0 Å². The Bertz CT molecular complexity index is 711. The zero-order valence-electron chi connectivity index (χ0n) is 12.8. The number of fused-ring (bicyclic) bond motifs is 2. The maximum absolute atomic E-state index is 11.5. The van der Waals surface area contributed by atoms with Gasteiger partial charge in [-0.25, -0.2) is 4.98 Å². The summed E-state index contributed by atoms with van der Waals surface area (Å²) < 4.78 is 0. The van der Waals surface area contributed by atoms with Crippen molar-refractivity contribution in [1.82, 2.24) is 9.88 Å². The molecule has 0 aromatic carbocycles. The van der Waals surface area contributed by atoms with Crippen LogP contribution in [0.15, 0.2) is 18.2 Å². The van der Waals surface area contributed by atoms with E-state index in [1.54, 1.807) is 6.92 Å². The minimum atomic E-state index is 0.117. The van der Waals surface area contributed by atoms with Gasteiger partial charge >= 0.3 is 0 Å². The van der Waals surface area contributed by atoms with Gasteiger partial charge in [0.15, 0.2) is 5.78 Å². The van der Waals surface area contributed by atoms with Crippen molar-refractivity contribution in [3.05, 3.63) is 23.1 Å². The molecule has 0 aliphatic carbocycles. The number of nitrogens with zero attached hydrogens (tertiary/aromatic N) is 2. The van der Waals surface area contributed by atoms with Crippen LogP contribution in [-0.2, 0) is 0 Å². The normalized spacial score (nSPS) is 25.3. The zero-order valence-corrected chi connectivity index (χ0v) is 13.7. The molecule has 2 aromatic rings. The lowest BCUT2D eigenvalue weighted by atomic mass is 9.97. The fourth-order valence-corrected chi connectivity index (χ4v) is 4.66. The summed E-state index contributed by atoms with van der Waals surface area (Å²) in [4.78, 5) is 20.6.